The van der Waals surface area contributed by atoms with Crippen molar-refractivity contribution in [2.24, 2.45) is 0 Å². The van der Waals surface area contributed by atoms with Crippen molar-refractivity contribution in [1.29, 1.82) is 0 Å². The largest absolute Gasteiger partial charge is 0.383 e. The summed E-state index contributed by atoms with van der Waals surface area (Å²) in [6.07, 6.45) is 2.22. The van der Waals surface area contributed by atoms with Crippen molar-refractivity contribution < 1.29 is 4.79 Å². The molecule has 26 heavy (non-hydrogen) atoms. The quantitative estimate of drug-likeness (QED) is 0.524. The zero-order chi connectivity index (χ0) is 18.6. The summed E-state index contributed by atoms with van der Waals surface area (Å²) in [5.41, 5.74) is 9.00. The van der Waals surface area contributed by atoms with Crippen LogP contribution in [0.1, 0.15) is 31.1 Å². The van der Waals surface area contributed by atoms with Crippen LogP contribution in [0.5, 0.6) is 0 Å². The number of aldehydes is 1. The van der Waals surface area contributed by atoms with Crippen LogP contribution in [0.4, 0.5) is 5.82 Å². The van der Waals surface area contributed by atoms with Crippen LogP contribution < -0.4 is 5.73 Å². The highest BCUT2D eigenvalue weighted by Crippen LogP contribution is 2.39. The van der Waals surface area contributed by atoms with Crippen LogP contribution in [0, 0.1) is 0 Å². The Balaban J connectivity index is 2.08. The zero-order valence-corrected chi connectivity index (χ0v) is 15.3. The highest BCUT2D eigenvalue weighted by atomic mass is 35.5. The van der Waals surface area contributed by atoms with Gasteiger partial charge >= 0.3 is 0 Å². The molecule has 0 saturated heterocycles. The van der Waals surface area contributed by atoms with E-state index in [4.69, 9.17) is 22.4 Å². The van der Waals surface area contributed by atoms with E-state index in [-0.39, 0.29) is 5.54 Å². The predicted molar refractivity (Wildman–Crippen MR) is 102 cm³/mol. The number of anilines is 1. The van der Waals surface area contributed by atoms with Crippen molar-refractivity contribution in [3.05, 3.63) is 35.1 Å². The van der Waals surface area contributed by atoms with Crippen molar-refractivity contribution in [3.63, 3.8) is 0 Å². The summed E-state index contributed by atoms with van der Waals surface area (Å²) < 4.78 is 1.81. The number of carbonyl (C=O) groups is 1. The highest BCUT2D eigenvalue weighted by Gasteiger charge is 2.26. The van der Waals surface area contributed by atoms with Gasteiger partial charge in [0.1, 0.15) is 24.1 Å². The molecule has 8 heteroatoms. The number of nitrogen functional groups attached to an aromatic ring is 1. The van der Waals surface area contributed by atoms with Gasteiger partial charge in [0.25, 0.3) is 0 Å². The SMILES string of the molecule is CC(C)(C)n1nc(-c2[nH]c3cc(C=O)ccc3c2Cl)c2c(N)ncnc21. The number of benzene rings is 1. The molecule has 0 radical (unpaired) electrons. The summed E-state index contributed by atoms with van der Waals surface area (Å²) in [4.78, 5) is 22.8. The van der Waals surface area contributed by atoms with Gasteiger partial charge in [0, 0.05) is 16.5 Å². The lowest BCUT2D eigenvalue weighted by molar-refractivity contribution is 0.112. The lowest BCUT2D eigenvalue weighted by atomic mass is 10.1. The van der Waals surface area contributed by atoms with Crippen molar-refractivity contribution in [1.82, 2.24) is 24.7 Å². The molecule has 0 bridgehead atoms. The van der Waals surface area contributed by atoms with Gasteiger partial charge in [-0.05, 0) is 26.8 Å². The molecule has 4 aromatic rings. The molecule has 0 aliphatic heterocycles. The molecule has 1 aromatic carbocycles. The van der Waals surface area contributed by atoms with Crippen LogP contribution >= 0.6 is 11.6 Å². The first-order chi connectivity index (χ1) is 12.3. The highest BCUT2D eigenvalue weighted by molar-refractivity contribution is 6.38. The summed E-state index contributed by atoms with van der Waals surface area (Å²) in [5, 5.41) is 6.71. The molecule has 0 fully saturated rings. The zero-order valence-electron chi connectivity index (χ0n) is 14.5. The van der Waals surface area contributed by atoms with Gasteiger partial charge in [0.05, 0.1) is 21.6 Å². The van der Waals surface area contributed by atoms with E-state index >= 15 is 0 Å². The Bertz CT molecular complexity index is 1170. The summed E-state index contributed by atoms with van der Waals surface area (Å²) in [7, 11) is 0. The molecule has 7 nitrogen and oxygen atoms in total. The Labute approximate surface area is 154 Å². The van der Waals surface area contributed by atoms with Gasteiger partial charge in [0.2, 0.25) is 0 Å². The van der Waals surface area contributed by atoms with Crippen LogP contribution in [0.15, 0.2) is 24.5 Å². The molecule has 0 spiro atoms. The first kappa shape index (κ1) is 16.5. The maximum atomic E-state index is 11.0. The molecule has 0 amide bonds. The summed E-state index contributed by atoms with van der Waals surface area (Å²) in [6, 6.07) is 5.28. The second-order valence-corrected chi connectivity index (χ2v) is 7.50. The average Bonchev–Trinajstić information content (AvgIpc) is 3.13. The van der Waals surface area contributed by atoms with Crippen LogP contribution in [0.25, 0.3) is 33.3 Å². The molecule has 0 unspecified atom stereocenters. The fourth-order valence-electron chi connectivity index (χ4n) is 3.03. The number of aromatic nitrogens is 5. The minimum absolute atomic E-state index is 0.305. The van der Waals surface area contributed by atoms with Crippen LogP contribution in [0.3, 0.4) is 0 Å². The van der Waals surface area contributed by atoms with E-state index in [1.54, 1.807) is 12.1 Å². The number of hydrogen-bond acceptors (Lipinski definition) is 5. The monoisotopic (exact) mass is 368 g/mol. The molecular formula is C18H17ClN6O. The van der Waals surface area contributed by atoms with E-state index in [1.807, 2.05) is 31.5 Å². The van der Waals surface area contributed by atoms with Crippen molar-refractivity contribution in [2.75, 3.05) is 5.73 Å². The Hall–Kier alpha value is -2.93. The summed E-state index contributed by atoms with van der Waals surface area (Å²) in [5.74, 6) is 0.337. The van der Waals surface area contributed by atoms with E-state index in [9.17, 15) is 4.79 Å². The van der Waals surface area contributed by atoms with E-state index in [0.29, 0.717) is 38.8 Å². The molecule has 3 heterocycles. The average molecular weight is 369 g/mol. The molecule has 0 atom stereocenters. The number of fused-ring (bicyclic) bond motifs is 2. The maximum absolute atomic E-state index is 11.0. The molecule has 4 rings (SSSR count). The van der Waals surface area contributed by atoms with Gasteiger partial charge in [-0.25, -0.2) is 14.6 Å². The number of nitrogens with one attached hydrogen (secondary N) is 1. The van der Waals surface area contributed by atoms with Crippen molar-refractivity contribution in [2.45, 2.75) is 26.3 Å². The Morgan fingerprint density at radius 1 is 1.27 bits per heavy atom. The molecule has 0 aliphatic rings. The lowest BCUT2D eigenvalue weighted by Gasteiger charge is -2.19. The number of nitrogens with two attached hydrogens (primary N) is 1. The molecule has 3 aromatic heterocycles. The van der Waals surface area contributed by atoms with E-state index < -0.39 is 0 Å². The lowest BCUT2D eigenvalue weighted by Crippen LogP contribution is -2.23. The number of H-pyrrole nitrogens is 1. The Morgan fingerprint density at radius 2 is 2.04 bits per heavy atom. The molecular weight excluding hydrogens is 352 g/mol. The molecule has 132 valence electrons. The Morgan fingerprint density at radius 3 is 2.73 bits per heavy atom. The fourth-order valence-corrected chi connectivity index (χ4v) is 3.34. The number of rotatable bonds is 2. The number of halogens is 1. The van der Waals surface area contributed by atoms with E-state index in [1.165, 1.54) is 6.33 Å². The fraction of sp³-hybridized carbons (Fsp3) is 0.222. The third-order valence-corrected chi connectivity index (χ3v) is 4.65. The summed E-state index contributed by atoms with van der Waals surface area (Å²) in [6.45, 7) is 6.10. The first-order valence-electron chi connectivity index (χ1n) is 8.07. The van der Waals surface area contributed by atoms with Crippen LogP contribution in [-0.2, 0) is 5.54 Å². The third kappa shape index (κ3) is 2.35. The standard InChI is InChI=1S/C18H17ClN6O/c1-18(2,3)25-17-12(16(20)21-8-22-17)14(24-25)15-13(19)10-5-4-9(7-26)6-11(10)23-15/h4-8,23H,1-3H3,(H2,20,21,22). The van der Waals surface area contributed by atoms with E-state index in [0.717, 1.165) is 17.2 Å². The minimum atomic E-state index is -0.305. The van der Waals surface area contributed by atoms with Gasteiger partial charge < -0.3 is 10.7 Å². The van der Waals surface area contributed by atoms with Gasteiger partial charge in [-0.15, -0.1) is 0 Å². The van der Waals surface area contributed by atoms with E-state index in [2.05, 4.69) is 15.0 Å². The molecule has 0 aliphatic carbocycles. The molecule has 0 saturated carbocycles. The van der Waals surface area contributed by atoms with Gasteiger partial charge in [-0.3, -0.25) is 4.79 Å². The van der Waals surface area contributed by atoms with Gasteiger partial charge in [-0.1, -0.05) is 23.7 Å². The Kier molecular flexibility index (Phi) is 3.52. The first-order valence-corrected chi connectivity index (χ1v) is 8.45. The summed E-state index contributed by atoms with van der Waals surface area (Å²) >= 11 is 6.61. The van der Waals surface area contributed by atoms with Crippen molar-refractivity contribution in [3.8, 4) is 11.4 Å². The number of aromatic amines is 1. The van der Waals surface area contributed by atoms with Gasteiger partial charge in [-0.2, -0.15) is 5.10 Å². The normalized spacial score (nSPS) is 12.2. The second-order valence-electron chi connectivity index (χ2n) is 7.13. The molecule has 3 N–H and O–H groups in total. The van der Waals surface area contributed by atoms with Crippen molar-refractivity contribution >= 4 is 45.6 Å². The smallest absolute Gasteiger partial charge is 0.164 e. The maximum Gasteiger partial charge on any atom is 0.164 e. The van der Waals surface area contributed by atoms with Crippen LogP contribution in [0.2, 0.25) is 5.02 Å². The minimum Gasteiger partial charge on any atom is -0.383 e. The van der Waals surface area contributed by atoms with Crippen LogP contribution in [-0.4, -0.2) is 31.0 Å². The predicted octanol–water partition coefficient (Wildman–Crippen LogP) is 3.78. The topological polar surface area (TPSA) is 102 Å². The third-order valence-electron chi connectivity index (χ3n) is 4.26. The van der Waals surface area contributed by atoms with Gasteiger partial charge in [0.15, 0.2) is 5.65 Å². The number of hydrogen-bond donors (Lipinski definition) is 2. The number of carbonyl (C=O) groups excluding carboxylic acids is 1. The number of nitrogens with zero attached hydrogens (tertiary/aromatic N) is 4. The second kappa shape index (κ2) is 5.54.